The molecule has 3 atom stereocenters. The molecule has 4 heteroatoms. The normalized spacial score (nSPS) is 23.1. The van der Waals surface area contributed by atoms with Gasteiger partial charge in [0.25, 0.3) is 5.60 Å². The zero-order chi connectivity index (χ0) is 23.1. The van der Waals surface area contributed by atoms with E-state index in [0.717, 1.165) is 28.0 Å². The summed E-state index contributed by atoms with van der Waals surface area (Å²) in [7, 11) is 0. The number of carbonyl (C=O) groups is 1. The summed E-state index contributed by atoms with van der Waals surface area (Å²) in [5.41, 5.74) is 3.75. The Morgan fingerprint density at radius 3 is 2.12 bits per heavy atom. The zero-order valence-corrected chi connectivity index (χ0v) is 18.7. The van der Waals surface area contributed by atoms with Crippen LogP contribution in [0.3, 0.4) is 0 Å². The quantitative estimate of drug-likeness (QED) is 0.373. The van der Waals surface area contributed by atoms with E-state index >= 15 is 0 Å². The maximum Gasteiger partial charge on any atom is 0.252 e. The first-order valence-electron chi connectivity index (χ1n) is 11.4. The lowest BCUT2D eigenvalue weighted by atomic mass is 9.68. The van der Waals surface area contributed by atoms with Crippen molar-refractivity contribution in [3.8, 4) is 5.75 Å². The van der Waals surface area contributed by atoms with Crippen molar-refractivity contribution < 1.29 is 14.4 Å². The molecule has 4 aromatic carbocycles. The second-order valence-electron chi connectivity index (χ2n) is 8.80. The number of fused-ring (bicyclic) bond motifs is 1. The summed E-state index contributed by atoms with van der Waals surface area (Å²) in [6.07, 6.45) is -0.674. The molecule has 0 saturated carbocycles. The summed E-state index contributed by atoms with van der Waals surface area (Å²) >= 11 is 0. The highest BCUT2D eigenvalue weighted by atomic mass is 16.7. The van der Waals surface area contributed by atoms with Gasteiger partial charge in [-0.2, -0.15) is 0 Å². The van der Waals surface area contributed by atoms with Crippen molar-refractivity contribution in [3.63, 3.8) is 0 Å². The summed E-state index contributed by atoms with van der Waals surface area (Å²) in [4.78, 5) is 20.7. The molecule has 0 N–H and O–H groups in total. The van der Waals surface area contributed by atoms with Gasteiger partial charge in [0.2, 0.25) is 5.78 Å². The van der Waals surface area contributed by atoms with E-state index in [9.17, 15) is 4.79 Å². The number of hydrogen-bond donors (Lipinski definition) is 0. The van der Waals surface area contributed by atoms with Gasteiger partial charge >= 0.3 is 0 Å². The molecule has 4 nitrogen and oxygen atoms in total. The first-order valence-corrected chi connectivity index (χ1v) is 11.4. The minimum absolute atomic E-state index is 0.122. The smallest absolute Gasteiger partial charge is 0.252 e. The molecule has 166 valence electrons. The predicted octanol–water partition coefficient (Wildman–Crippen LogP) is 6.27. The second-order valence-corrected chi connectivity index (χ2v) is 8.80. The molecule has 0 radical (unpaired) electrons. The Kier molecular flexibility index (Phi) is 4.80. The minimum atomic E-state index is -1.38. The van der Waals surface area contributed by atoms with Crippen molar-refractivity contribution in [2.75, 3.05) is 0 Å². The van der Waals surface area contributed by atoms with Crippen LogP contribution >= 0.6 is 0 Å². The highest BCUT2D eigenvalue weighted by Gasteiger charge is 2.64. The predicted molar refractivity (Wildman–Crippen MR) is 131 cm³/mol. The molecule has 3 unspecified atom stereocenters. The lowest BCUT2D eigenvalue weighted by molar-refractivity contribution is -0.0852. The molecule has 0 aromatic heterocycles. The molecule has 0 aliphatic carbocycles. The Hall–Kier alpha value is -4.18. The number of para-hydroxylation sites is 1. The summed E-state index contributed by atoms with van der Waals surface area (Å²) in [5, 5.41) is 4.58. The van der Waals surface area contributed by atoms with Crippen LogP contribution in [-0.2, 0) is 4.84 Å². The Morgan fingerprint density at radius 1 is 0.735 bits per heavy atom. The van der Waals surface area contributed by atoms with Crippen molar-refractivity contribution >= 4 is 11.5 Å². The number of ether oxygens (including phenoxy) is 1. The number of oxime groups is 1. The first-order chi connectivity index (χ1) is 16.7. The number of benzene rings is 4. The van der Waals surface area contributed by atoms with Crippen LogP contribution < -0.4 is 4.74 Å². The molecule has 1 spiro atoms. The summed E-state index contributed by atoms with van der Waals surface area (Å²) in [6, 6.07) is 35.3. The second kappa shape index (κ2) is 7.99. The molecule has 34 heavy (non-hydrogen) atoms. The molecule has 0 saturated heterocycles. The molecule has 2 heterocycles. The Labute approximate surface area is 198 Å². The van der Waals surface area contributed by atoms with Gasteiger partial charge in [0.1, 0.15) is 5.75 Å². The monoisotopic (exact) mass is 445 g/mol. The van der Waals surface area contributed by atoms with E-state index in [1.807, 2.05) is 78.9 Å². The van der Waals surface area contributed by atoms with Gasteiger partial charge in [-0.25, -0.2) is 0 Å². The maximum atomic E-state index is 14.4. The van der Waals surface area contributed by atoms with Crippen LogP contribution in [0.1, 0.15) is 44.6 Å². The van der Waals surface area contributed by atoms with E-state index in [2.05, 4.69) is 36.3 Å². The molecule has 2 aliphatic heterocycles. The Bertz CT molecular complexity index is 1380. The van der Waals surface area contributed by atoms with Gasteiger partial charge in [0, 0.05) is 5.56 Å². The summed E-state index contributed by atoms with van der Waals surface area (Å²) in [6.45, 7) is 2.05. The molecule has 6 rings (SSSR count). The SMILES string of the molecule is Cc1ccc(C2C(c3ccccc3)=NOC23C(=O)c2ccccc2OC3c2ccccc2)cc1. The molecule has 0 amide bonds. The fourth-order valence-electron chi connectivity index (χ4n) is 5.04. The lowest BCUT2D eigenvalue weighted by Crippen LogP contribution is -2.54. The Morgan fingerprint density at radius 2 is 1.38 bits per heavy atom. The van der Waals surface area contributed by atoms with Gasteiger partial charge in [-0.15, -0.1) is 0 Å². The minimum Gasteiger partial charge on any atom is -0.480 e. The van der Waals surface area contributed by atoms with E-state index in [0.29, 0.717) is 11.3 Å². The van der Waals surface area contributed by atoms with E-state index in [4.69, 9.17) is 9.57 Å². The van der Waals surface area contributed by atoms with Gasteiger partial charge in [-0.05, 0) is 30.2 Å². The standard InChI is InChI=1S/C30H23NO3/c1-20-16-18-21(19-17-20)26-27(22-10-4-2-5-11-22)31-34-30(26)28(32)24-14-8-9-15-25(24)33-29(30)23-12-6-3-7-13-23/h2-19,26,29H,1H3. The van der Waals surface area contributed by atoms with Gasteiger partial charge < -0.3 is 9.57 Å². The summed E-state index contributed by atoms with van der Waals surface area (Å²) in [5.74, 6) is -0.0172. The number of aryl methyl sites for hydroxylation is 1. The Balaban J connectivity index is 1.61. The van der Waals surface area contributed by atoms with E-state index in [-0.39, 0.29) is 5.78 Å². The number of hydrogen-bond acceptors (Lipinski definition) is 4. The molecular formula is C30H23NO3. The van der Waals surface area contributed by atoms with Crippen molar-refractivity contribution in [2.45, 2.75) is 24.5 Å². The van der Waals surface area contributed by atoms with Crippen molar-refractivity contribution in [1.82, 2.24) is 0 Å². The van der Waals surface area contributed by atoms with Crippen molar-refractivity contribution in [2.24, 2.45) is 5.16 Å². The number of Topliss-reactive ketones (excluding diaryl/α,β-unsaturated/α-hetero) is 1. The topological polar surface area (TPSA) is 47.9 Å². The highest BCUT2D eigenvalue weighted by molar-refractivity contribution is 6.16. The third kappa shape index (κ3) is 3.06. The molecule has 0 fully saturated rings. The largest absolute Gasteiger partial charge is 0.480 e. The van der Waals surface area contributed by atoms with E-state index in [1.165, 1.54) is 0 Å². The lowest BCUT2D eigenvalue weighted by Gasteiger charge is -2.42. The van der Waals surface area contributed by atoms with E-state index in [1.54, 1.807) is 6.07 Å². The molecular weight excluding hydrogens is 422 g/mol. The highest BCUT2D eigenvalue weighted by Crippen LogP contribution is 2.54. The third-order valence-corrected chi connectivity index (χ3v) is 6.70. The number of nitrogens with zero attached hydrogens (tertiary/aromatic N) is 1. The first kappa shape index (κ1) is 20.4. The van der Waals surface area contributed by atoms with Crippen LogP contribution in [0.4, 0.5) is 0 Å². The van der Waals surface area contributed by atoms with Gasteiger partial charge in [-0.1, -0.05) is 108 Å². The zero-order valence-electron chi connectivity index (χ0n) is 18.7. The molecule has 2 aliphatic rings. The number of carbonyl (C=O) groups excluding carboxylic acids is 1. The molecule has 4 aromatic rings. The van der Waals surface area contributed by atoms with Crippen LogP contribution in [0, 0.1) is 6.92 Å². The van der Waals surface area contributed by atoms with Crippen LogP contribution in [0.5, 0.6) is 5.75 Å². The number of rotatable bonds is 3. The fraction of sp³-hybridized carbons (Fsp3) is 0.133. The van der Waals surface area contributed by atoms with Crippen LogP contribution in [-0.4, -0.2) is 17.1 Å². The van der Waals surface area contributed by atoms with Gasteiger partial charge in [0.05, 0.1) is 17.2 Å². The van der Waals surface area contributed by atoms with Crippen LogP contribution in [0.2, 0.25) is 0 Å². The summed E-state index contributed by atoms with van der Waals surface area (Å²) < 4.78 is 6.57. The van der Waals surface area contributed by atoms with E-state index < -0.39 is 17.6 Å². The van der Waals surface area contributed by atoms with Crippen molar-refractivity contribution in [1.29, 1.82) is 0 Å². The number of ketones is 1. The van der Waals surface area contributed by atoms with Crippen molar-refractivity contribution in [3.05, 3.63) is 137 Å². The van der Waals surface area contributed by atoms with Gasteiger partial charge in [-0.3, -0.25) is 4.79 Å². The fourth-order valence-corrected chi connectivity index (χ4v) is 5.04. The average Bonchev–Trinajstić information content (AvgIpc) is 3.29. The third-order valence-electron chi connectivity index (χ3n) is 6.70. The average molecular weight is 446 g/mol. The molecule has 0 bridgehead atoms. The maximum absolute atomic E-state index is 14.4. The van der Waals surface area contributed by atoms with Crippen LogP contribution in [0.15, 0.2) is 114 Å². The van der Waals surface area contributed by atoms with Crippen LogP contribution in [0.25, 0.3) is 0 Å². The van der Waals surface area contributed by atoms with Gasteiger partial charge in [0.15, 0.2) is 6.10 Å².